The second-order valence-electron chi connectivity index (χ2n) is 7.67. The van der Waals surface area contributed by atoms with Gasteiger partial charge in [-0.3, -0.25) is 4.68 Å². The van der Waals surface area contributed by atoms with Crippen molar-refractivity contribution in [2.75, 3.05) is 0 Å². The van der Waals surface area contributed by atoms with E-state index in [2.05, 4.69) is 60.3 Å². The van der Waals surface area contributed by atoms with Crippen LogP contribution in [0.15, 0.2) is 4.47 Å². The number of nitrogens with zero attached hydrogens (tertiary/aromatic N) is 2. The molecule has 120 valence electrons. The van der Waals surface area contributed by atoms with Crippen molar-refractivity contribution >= 4 is 15.9 Å². The summed E-state index contributed by atoms with van der Waals surface area (Å²) in [4.78, 5) is 0. The summed E-state index contributed by atoms with van der Waals surface area (Å²) in [6.07, 6.45) is 4.71. The Morgan fingerprint density at radius 3 is 2.57 bits per heavy atom. The smallest absolute Gasteiger partial charge is 0.0738 e. The largest absolute Gasteiger partial charge is 0.327 e. The van der Waals surface area contributed by atoms with E-state index >= 15 is 0 Å². The van der Waals surface area contributed by atoms with Crippen molar-refractivity contribution in [1.82, 2.24) is 9.78 Å². The predicted molar refractivity (Wildman–Crippen MR) is 92.3 cm³/mol. The van der Waals surface area contributed by atoms with Crippen LogP contribution in [0, 0.1) is 24.2 Å². The van der Waals surface area contributed by atoms with Crippen molar-refractivity contribution in [3.05, 3.63) is 15.9 Å². The van der Waals surface area contributed by atoms with Gasteiger partial charge in [0.2, 0.25) is 0 Å². The van der Waals surface area contributed by atoms with Gasteiger partial charge < -0.3 is 5.73 Å². The molecule has 0 spiro atoms. The number of aromatic nitrogens is 2. The number of aryl methyl sites for hydroxylation is 2. The summed E-state index contributed by atoms with van der Waals surface area (Å²) < 4.78 is 3.31. The van der Waals surface area contributed by atoms with Gasteiger partial charge in [0.05, 0.1) is 15.9 Å². The van der Waals surface area contributed by atoms with Crippen molar-refractivity contribution in [2.45, 2.75) is 72.9 Å². The summed E-state index contributed by atoms with van der Waals surface area (Å²) in [5.41, 5.74) is 9.23. The Morgan fingerprint density at radius 2 is 2.00 bits per heavy atom. The Bertz CT molecular complexity index is 487. The van der Waals surface area contributed by atoms with Gasteiger partial charge in [0.15, 0.2) is 0 Å². The van der Waals surface area contributed by atoms with Crippen LogP contribution in [0.25, 0.3) is 0 Å². The van der Waals surface area contributed by atoms with Crippen LogP contribution in [-0.4, -0.2) is 15.8 Å². The first-order chi connectivity index (χ1) is 9.74. The minimum Gasteiger partial charge on any atom is -0.327 e. The fourth-order valence-electron chi connectivity index (χ4n) is 3.62. The molecule has 2 N–H and O–H groups in total. The normalized spacial score (nSPS) is 27.1. The minimum atomic E-state index is 0.330. The highest BCUT2D eigenvalue weighted by atomic mass is 79.9. The highest BCUT2D eigenvalue weighted by Gasteiger charge is 2.35. The van der Waals surface area contributed by atoms with Gasteiger partial charge in [0.25, 0.3) is 0 Å². The molecule has 1 heterocycles. The Hall–Kier alpha value is -0.350. The maximum atomic E-state index is 6.44. The van der Waals surface area contributed by atoms with Crippen LogP contribution in [0.5, 0.6) is 0 Å². The van der Waals surface area contributed by atoms with E-state index in [0.29, 0.717) is 17.4 Å². The van der Waals surface area contributed by atoms with Gasteiger partial charge in [-0.05, 0) is 72.7 Å². The van der Waals surface area contributed by atoms with Crippen LogP contribution in [0.1, 0.15) is 58.3 Å². The third-order valence-electron chi connectivity index (χ3n) is 5.17. The molecule has 1 saturated carbocycles. The monoisotopic (exact) mass is 355 g/mol. The molecule has 0 amide bonds. The van der Waals surface area contributed by atoms with E-state index < -0.39 is 0 Å². The van der Waals surface area contributed by atoms with Crippen LogP contribution in [0.4, 0.5) is 0 Å². The van der Waals surface area contributed by atoms with E-state index in [1.807, 2.05) is 0 Å². The second kappa shape index (κ2) is 6.41. The van der Waals surface area contributed by atoms with Crippen LogP contribution in [0.2, 0.25) is 0 Å². The number of hydrogen-bond donors (Lipinski definition) is 1. The number of hydrogen-bond acceptors (Lipinski definition) is 2. The summed E-state index contributed by atoms with van der Waals surface area (Å²) in [6, 6.07) is 0.330. The summed E-state index contributed by atoms with van der Waals surface area (Å²) >= 11 is 3.72. The zero-order chi connectivity index (χ0) is 15.8. The topological polar surface area (TPSA) is 43.8 Å². The van der Waals surface area contributed by atoms with E-state index in [1.54, 1.807) is 0 Å². The molecule has 0 saturated heterocycles. The molecule has 1 aromatic rings. The molecule has 0 bridgehead atoms. The first-order valence-corrected chi connectivity index (χ1v) is 9.00. The Morgan fingerprint density at radius 1 is 1.33 bits per heavy atom. The van der Waals surface area contributed by atoms with Gasteiger partial charge in [-0.1, -0.05) is 20.8 Å². The lowest BCUT2D eigenvalue weighted by atomic mass is 9.67. The molecule has 0 radical (unpaired) electrons. The van der Waals surface area contributed by atoms with Crippen molar-refractivity contribution in [2.24, 2.45) is 23.0 Å². The third kappa shape index (κ3) is 3.70. The number of rotatable bonds is 3. The third-order valence-corrected chi connectivity index (χ3v) is 6.21. The maximum absolute atomic E-state index is 6.44. The molecule has 0 aliphatic heterocycles. The van der Waals surface area contributed by atoms with Gasteiger partial charge >= 0.3 is 0 Å². The van der Waals surface area contributed by atoms with Gasteiger partial charge in [0.1, 0.15) is 0 Å². The summed E-state index contributed by atoms with van der Waals surface area (Å²) in [7, 11) is 0. The fourth-order valence-corrected chi connectivity index (χ4v) is 4.07. The van der Waals surface area contributed by atoms with Crippen molar-refractivity contribution < 1.29 is 0 Å². The van der Waals surface area contributed by atoms with Crippen molar-refractivity contribution in [1.29, 1.82) is 0 Å². The molecule has 1 aliphatic carbocycles. The van der Waals surface area contributed by atoms with Crippen molar-refractivity contribution in [3.8, 4) is 0 Å². The average Bonchev–Trinajstić information content (AvgIpc) is 2.67. The molecular formula is C17H30BrN3. The Kier molecular flexibility index (Phi) is 5.19. The van der Waals surface area contributed by atoms with E-state index in [9.17, 15) is 0 Å². The Balaban J connectivity index is 2.17. The van der Waals surface area contributed by atoms with E-state index in [-0.39, 0.29) is 0 Å². The molecule has 3 atom stereocenters. The summed E-state index contributed by atoms with van der Waals surface area (Å²) in [5, 5.41) is 4.62. The predicted octanol–water partition coefficient (Wildman–Crippen LogP) is 4.31. The first kappa shape index (κ1) is 17.0. The molecule has 1 aromatic heterocycles. The van der Waals surface area contributed by atoms with Crippen LogP contribution < -0.4 is 5.73 Å². The lowest BCUT2D eigenvalue weighted by molar-refractivity contribution is 0.125. The molecule has 21 heavy (non-hydrogen) atoms. The van der Waals surface area contributed by atoms with Crippen LogP contribution >= 0.6 is 15.9 Å². The zero-order valence-electron chi connectivity index (χ0n) is 14.1. The zero-order valence-corrected chi connectivity index (χ0v) is 15.7. The molecule has 3 nitrogen and oxygen atoms in total. The number of halogens is 1. The van der Waals surface area contributed by atoms with Gasteiger partial charge in [-0.25, -0.2) is 0 Å². The molecular weight excluding hydrogens is 326 g/mol. The second-order valence-corrected chi connectivity index (χ2v) is 8.46. The maximum Gasteiger partial charge on any atom is 0.0738 e. The van der Waals surface area contributed by atoms with E-state index in [1.165, 1.54) is 23.0 Å². The quantitative estimate of drug-likeness (QED) is 0.877. The highest BCUT2D eigenvalue weighted by Crippen LogP contribution is 2.41. The SMILES string of the molecule is CCn1nc(C)c(Br)c1CC1CC(C(C)(C)C)CCC1N. The average molecular weight is 356 g/mol. The molecule has 2 rings (SSSR count). The lowest BCUT2D eigenvalue weighted by Crippen LogP contribution is -2.40. The fraction of sp³-hybridized carbons (Fsp3) is 0.824. The van der Waals surface area contributed by atoms with Crippen LogP contribution in [-0.2, 0) is 13.0 Å². The van der Waals surface area contributed by atoms with Crippen LogP contribution in [0.3, 0.4) is 0 Å². The van der Waals surface area contributed by atoms with Gasteiger partial charge in [0, 0.05) is 12.6 Å². The standard InChI is InChI=1S/C17H30BrN3/c1-6-21-15(16(18)11(2)20-21)10-12-9-13(17(3,4)5)7-8-14(12)19/h12-14H,6-10,19H2,1-5H3. The number of nitrogens with two attached hydrogens (primary N) is 1. The van der Waals surface area contributed by atoms with Gasteiger partial charge in [-0.15, -0.1) is 0 Å². The molecule has 1 fully saturated rings. The summed E-state index contributed by atoms with van der Waals surface area (Å²) in [5.74, 6) is 1.35. The van der Waals surface area contributed by atoms with E-state index in [4.69, 9.17) is 5.73 Å². The molecule has 1 aliphatic rings. The molecule has 4 heteroatoms. The molecule has 0 aromatic carbocycles. The minimum absolute atomic E-state index is 0.330. The van der Waals surface area contributed by atoms with E-state index in [0.717, 1.165) is 31.0 Å². The Labute approximate surface area is 137 Å². The van der Waals surface area contributed by atoms with Gasteiger partial charge in [-0.2, -0.15) is 5.10 Å². The lowest BCUT2D eigenvalue weighted by Gasteiger charge is -2.40. The molecule has 3 unspecified atom stereocenters. The highest BCUT2D eigenvalue weighted by molar-refractivity contribution is 9.10. The first-order valence-electron chi connectivity index (χ1n) is 8.21. The summed E-state index contributed by atoms with van der Waals surface area (Å²) in [6.45, 7) is 12.2. The van der Waals surface area contributed by atoms with Crippen molar-refractivity contribution in [3.63, 3.8) is 0 Å².